The molecule has 1 amide bonds. The number of carbonyl (C=O) groups excluding carboxylic acids is 1. The van der Waals surface area contributed by atoms with Crippen LogP contribution in [0.4, 0.5) is 0 Å². The van der Waals surface area contributed by atoms with Gasteiger partial charge in [0.2, 0.25) is 5.91 Å². The Morgan fingerprint density at radius 2 is 2.00 bits per heavy atom. The predicted octanol–water partition coefficient (Wildman–Crippen LogP) is 3.81. The first kappa shape index (κ1) is 18.7. The molecule has 2 heterocycles. The molecule has 0 aliphatic carbocycles. The highest BCUT2D eigenvalue weighted by atomic mass is 16.5. The molecule has 2 aromatic heterocycles. The van der Waals surface area contributed by atoms with Gasteiger partial charge in [-0.05, 0) is 35.4 Å². The number of hydrogen-bond donors (Lipinski definition) is 1. The number of hydrogen-bond acceptors (Lipinski definition) is 4. The smallest absolute Gasteiger partial charge is 0.221 e. The summed E-state index contributed by atoms with van der Waals surface area (Å²) >= 11 is 0. The Kier molecular flexibility index (Phi) is 5.52. The average molecular weight is 386 g/mol. The third-order valence-corrected chi connectivity index (χ3v) is 4.83. The van der Waals surface area contributed by atoms with E-state index in [1.807, 2.05) is 53.3 Å². The minimum atomic E-state index is 0.000819. The highest BCUT2D eigenvalue weighted by Crippen LogP contribution is 2.26. The van der Waals surface area contributed by atoms with Gasteiger partial charge in [-0.25, -0.2) is 0 Å². The van der Waals surface area contributed by atoms with Crippen LogP contribution < -0.4 is 10.1 Å². The highest BCUT2D eigenvalue weighted by Gasteiger charge is 2.08. The predicted molar refractivity (Wildman–Crippen MR) is 112 cm³/mol. The molecule has 4 rings (SSSR count). The molecule has 0 unspecified atom stereocenters. The van der Waals surface area contributed by atoms with Gasteiger partial charge in [-0.1, -0.05) is 30.3 Å². The summed E-state index contributed by atoms with van der Waals surface area (Å²) in [5.74, 6) is 0.783. The van der Waals surface area contributed by atoms with Crippen LogP contribution in [0.1, 0.15) is 12.0 Å². The van der Waals surface area contributed by atoms with Crippen LogP contribution in [0, 0.1) is 0 Å². The van der Waals surface area contributed by atoms with Crippen LogP contribution in [0.3, 0.4) is 0 Å². The number of rotatable bonds is 7. The summed E-state index contributed by atoms with van der Waals surface area (Å²) in [6.07, 6.45) is 5.83. The molecule has 0 radical (unpaired) electrons. The van der Waals surface area contributed by atoms with E-state index in [1.54, 1.807) is 19.4 Å². The van der Waals surface area contributed by atoms with E-state index in [2.05, 4.69) is 27.5 Å². The van der Waals surface area contributed by atoms with Gasteiger partial charge in [0, 0.05) is 36.8 Å². The fourth-order valence-electron chi connectivity index (χ4n) is 3.28. The summed E-state index contributed by atoms with van der Waals surface area (Å²) in [6, 6.07) is 18.1. The molecule has 0 spiro atoms. The number of carbonyl (C=O) groups is 1. The van der Waals surface area contributed by atoms with Gasteiger partial charge < -0.3 is 10.1 Å². The molecule has 0 aliphatic rings. The number of amides is 1. The molecular weight excluding hydrogens is 364 g/mol. The first-order chi connectivity index (χ1) is 14.2. The largest absolute Gasteiger partial charge is 0.489 e. The maximum Gasteiger partial charge on any atom is 0.221 e. The van der Waals surface area contributed by atoms with Crippen molar-refractivity contribution in [3.05, 3.63) is 78.8 Å². The molecule has 6 heteroatoms. The molecule has 0 bridgehead atoms. The molecule has 146 valence electrons. The lowest BCUT2D eigenvalue weighted by molar-refractivity contribution is -0.120. The zero-order valence-electron chi connectivity index (χ0n) is 16.2. The normalized spacial score (nSPS) is 10.8. The topological polar surface area (TPSA) is 69.0 Å². The van der Waals surface area contributed by atoms with Crippen LogP contribution in [0.15, 0.2) is 73.2 Å². The summed E-state index contributed by atoms with van der Waals surface area (Å²) in [5.41, 5.74) is 4.27. The van der Waals surface area contributed by atoms with E-state index in [9.17, 15) is 4.79 Å². The summed E-state index contributed by atoms with van der Waals surface area (Å²) in [7, 11) is 1.64. The van der Waals surface area contributed by atoms with Crippen molar-refractivity contribution in [2.75, 3.05) is 7.05 Å². The number of pyridine rings is 1. The van der Waals surface area contributed by atoms with Gasteiger partial charge in [0.25, 0.3) is 0 Å². The van der Waals surface area contributed by atoms with E-state index >= 15 is 0 Å². The second-order valence-corrected chi connectivity index (χ2v) is 6.70. The zero-order chi connectivity index (χ0) is 20.1. The molecule has 0 fully saturated rings. The number of benzene rings is 2. The van der Waals surface area contributed by atoms with Gasteiger partial charge in [0.05, 0.1) is 18.3 Å². The number of ether oxygens (including phenoxy) is 1. The number of aromatic nitrogens is 3. The minimum absolute atomic E-state index is 0.000819. The third-order valence-electron chi connectivity index (χ3n) is 4.83. The molecule has 1 N–H and O–H groups in total. The Labute approximate surface area is 169 Å². The Morgan fingerprint density at radius 3 is 2.83 bits per heavy atom. The number of nitrogens with zero attached hydrogens (tertiary/aromatic N) is 3. The molecule has 29 heavy (non-hydrogen) atoms. The van der Waals surface area contributed by atoms with Crippen molar-refractivity contribution in [2.45, 2.75) is 19.6 Å². The first-order valence-corrected chi connectivity index (χ1v) is 9.52. The number of fused-ring (bicyclic) bond motifs is 1. The van der Waals surface area contributed by atoms with Gasteiger partial charge >= 0.3 is 0 Å². The zero-order valence-corrected chi connectivity index (χ0v) is 16.2. The molecule has 2 aromatic carbocycles. The van der Waals surface area contributed by atoms with E-state index in [-0.39, 0.29) is 5.91 Å². The van der Waals surface area contributed by atoms with Crippen LogP contribution in [0.25, 0.3) is 22.0 Å². The van der Waals surface area contributed by atoms with Gasteiger partial charge in [-0.2, -0.15) is 5.10 Å². The van der Waals surface area contributed by atoms with Crippen molar-refractivity contribution in [1.82, 2.24) is 20.1 Å². The standard InChI is InChI=1S/C23H22N4O2/c1-24-23(28)10-12-27-22-9-8-20(13-19(22)15-26-27)29-16-18-5-2-3-7-21(18)17-6-4-11-25-14-17/h2-9,11,13-15H,10,12,16H2,1H3,(H,24,28). The van der Waals surface area contributed by atoms with Gasteiger partial charge in [0.15, 0.2) is 0 Å². The lowest BCUT2D eigenvalue weighted by atomic mass is 10.0. The Balaban J connectivity index is 1.49. The van der Waals surface area contributed by atoms with Crippen molar-refractivity contribution in [2.24, 2.45) is 0 Å². The lowest BCUT2D eigenvalue weighted by Gasteiger charge is -2.11. The maximum absolute atomic E-state index is 11.5. The molecule has 4 aromatic rings. The summed E-state index contributed by atoms with van der Waals surface area (Å²) in [4.78, 5) is 15.7. The van der Waals surface area contributed by atoms with E-state index in [0.29, 0.717) is 19.6 Å². The Morgan fingerprint density at radius 1 is 1.10 bits per heavy atom. The van der Waals surface area contributed by atoms with Crippen molar-refractivity contribution in [3.63, 3.8) is 0 Å². The Bertz CT molecular complexity index is 1120. The fraction of sp³-hybridized carbons (Fsp3) is 0.174. The van der Waals surface area contributed by atoms with Crippen molar-refractivity contribution in [3.8, 4) is 16.9 Å². The van der Waals surface area contributed by atoms with Crippen LogP contribution in [-0.2, 0) is 17.9 Å². The van der Waals surface area contributed by atoms with E-state index in [4.69, 9.17) is 4.74 Å². The minimum Gasteiger partial charge on any atom is -0.489 e. The third kappa shape index (κ3) is 4.27. The van der Waals surface area contributed by atoms with Crippen LogP contribution >= 0.6 is 0 Å². The van der Waals surface area contributed by atoms with Crippen LogP contribution in [0.2, 0.25) is 0 Å². The highest BCUT2D eigenvalue weighted by molar-refractivity contribution is 5.80. The maximum atomic E-state index is 11.5. The first-order valence-electron chi connectivity index (χ1n) is 9.52. The van der Waals surface area contributed by atoms with Crippen LogP contribution in [0.5, 0.6) is 5.75 Å². The van der Waals surface area contributed by atoms with E-state index < -0.39 is 0 Å². The summed E-state index contributed by atoms with van der Waals surface area (Å²) in [5, 5.41) is 8.00. The second-order valence-electron chi connectivity index (χ2n) is 6.70. The quantitative estimate of drug-likeness (QED) is 0.524. The van der Waals surface area contributed by atoms with Crippen molar-refractivity contribution >= 4 is 16.8 Å². The van der Waals surface area contributed by atoms with Gasteiger partial charge in [-0.15, -0.1) is 0 Å². The molecule has 0 saturated heterocycles. The van der Waals surface area contributed by atoms with E-state index in [0.717, 1.165) is 33.3 Å². The molecule has 6 nitrogen and oxygen atoms in total. The lowest BCUT2D eigenvalue weighted by Crippen LogP contribution is -2.19. The van der Waals surface area contributed by atoms with E-state index in [1.165, 1.54) is 0 Å². The summed E-state index contributed by atoms with van der Waals surface area (Å²) in [6.45, 7) is 1.00. The van der Waals surface area contributed by atoms with Crippen molar-refractivity contribution in [1.29, 1.82) is 0 Å². The number of aryl methyl sites for hydroxylation is 1. The SMILES string of the molecule is CNC(=O)CCn1ncc2cc(OCc3ccccc3-c3cccnc3)ccc21. The number of nitrogens with one attached hydrogen (secondary N) is 1. The Hall–Kier alpha value is -3.67. The van der Waals surface area contributed by atoms with Gasteiger partial charge in [0.1, 0.15) is 12.4 Å². The fourth-order valence-corrected chi connectivity index (χ4v) is 3.28. The molecule has 0 saturated carbocycles. The van der Waals surface area contributed by atoms with Crippen molar-refractivity contribution < 1.29 is 9.53 Å². The molecule has 0 aliphatic heterocycles. The van der Waals surface area contributed by atoms with Crippen LogP contribution in [-0.4, -0.2) is 27.7 Å². The molecule has 0 atom stereocenters. The average Bonchev–Trinajstić information content (AvgIpc) is 3.19. The monoisotopic (exact) mass is 386 g/mol. The molecular formula is C23H22N4O2. The van der Waals surface area contributed by atoms with Gasteiger partial charge in [-0.3, -0.25) is 14.5 Å². The summed E-state index contributed by atoms with van der Waals surface area (Å²) < 4.78 is 7.90. The second kappa shape index (κ2) is 8.56.